The maximum Gasteiger partial charge on any atom is 0.329 e. The van der Waals surface area contributed by atoms with Crippen molar-refractivity contribution in [2.45, 2.75) is 13.8 Å². The Bertz CT molecular complexity index is 884. The Morgan fingerprint density at radius 3 is 2.07 bits per heavy atom. The van der Waals surface area contributed by atoms with Gasteiger partial charge in [0.1, 0.15) is 0 Å². The molecule has 8 heteroatoms. The van der Waals surface area contributed by atoms with Gasteiger partial charge in [0, 0.05) is 11.3 Å². The van der Waals surface area contributed by atoms with E-state index in [0.717, 1.165) is 11.1 Å². The average Bonchev–Trinajstić information content (AvgIpc) is 2.69. The number of benzene rings is 2. The lowest BCUT2D eigenvalue weighted by molar-refractivity contribution is -0.136. The molecule has 0 spiro atoms. The van der Waals surface area contributed by atoms with Gasteiger partial charge in [-0.3, -0.25) is 9.59 Å². The number of carbonyl (C=O) groups is 2. The van der Waals surface area contributed by atoms with Crippen LogP contribution in [0.25, 0.3) is 0 Å². The topological polar surface area (TPSA) is 98.2 Å². The number of hydrazone groups is 1. The Kier molecular flexibility index (Phi) is 6.97. The van der Waals surface area contributed by atoms with Crippen LogP contribution in [0.4, 0.5) is 5.69 Å². The van der Waals surface area contributed by atoms with Crippen molar-refractivity contribution in [3.05, 3.63) is 47.0 Å². The zero-order valence-electron chi connectivity index (χ0n) is 16.5. The summed E-state index contributed by atoms with van der Waals surface area (Å²) in [4.78, 5) is 23.9. The summed E-state index contributed by atoms with van der Waals surface area (Å²) in [6.07, 6.45) is 1.37. The summed E-state index contributed by atoms with van der Waals surface area (Å²) in [5.41, 5.74) is 5.42. The highest BCUT2D eigenvalue weighted by atomic mass is 16.5. The lowest BCUT2D eigenvalue weighted by Gasteiger charge is -2.12. The van der Waals surface area contributed by atoms with Crippen LogP contribution >= 0.6 is 0 Å². The fourth-order valence-electron chi connectivity index (χ4n) is 2.40. The van der Waals surface area contributed by atoms with Crippen LogP contribution in [0.2, 0.25) is 0 Å². The summed E-state index contributed by atoms with van der Waals surface area (Å²) in [7, 11) is 4.50. The molecule has 0 aliphatic heterocycles. The van der Waals surface area contributed by atoms with Crippen LogP contribution in [0.1, 0.15) is 16.7 Å². The fourth-order valence-corrected chi connectivity index (χ4v) is 2.40. The zero-order valence-corrected chi connectivity index (χ0v) is 16.5. The number of methoxy groups -OCH3 is 3. The Morgan fingerprint density at radius 1 is 0.893 bits per heavy atom. The van der Waals surface area contributed by atoms with Gasteiger partial charge in [-0.25, -0.2) is 5.43 Å². The van der Waals surface area contributed by atoms with Crippen molar-refractivity contribution < 1.29 is 23.8 Å². The molecule has 8 nitrogen and oxygen atoms in total. The van der Waals surface area contributed by atoms with E-state index >= 15 is 0 Å². The maximum atomic E-state index is 12.0. The molecule has 28 heavy (non-hydrogen) atoms. The molecule has 2 aromatic carbocycles. The third-order valence-corrected chi connectivity index (χ3v) is 4.04. The molecule has 0 aromatic heterocycles. The van der Waals surface area contributed by atoms with E-state index in [1.54, 1.807) is 24.3 Å². The van der Waals surface area contributed by atoms with Gasteiger partial charge in [0.2, 0.25) is 5.75 Å². The number of nitrogens with zero attached hydrogens (tertiary/aromatic N) is 1. The Labute approximate surface area is 163 Å². The second-order valence-electron chi connectivity index (χ2n) is 5.91. The Morgan fingerprint density at radius 2 is 1.54 bits per heavy atom. The first kappa shape index (κ1) is 20.8. The molecular formula is C20H23N3O5. The first-order chi connectivity index (χ1) is 13.4. The lowest BCUT2D eigenvalue weighted by atomic mass is 10.1. The summed E-state index contributed by atoms with van der Waals surface area (Å²) < 4.78 is 15.7. The summed E-state index contributed by atoms with van der Waals surface area (Å²) in [5.74, 6) is -0.365. The van der Waals surface area contributed by atoms with Gasteiger partial charge in [-0.15, -0.1) is 0 Å². The minimum atomic E-state index is -0.887. The van der Waals surface area contributed by atoms with Gasteiger partial charge >= 0.3 is 11.8 Å². The molecule has 2 aromatic rings. The minimum absolute atomic E-state index is 0.443. The predicted octanol–water partition coefficient (Wildman–Crippen LogP) is 2.42. The summed E-state index contributed by atoms with van der Waals surface area (Å²) >= 11 is 0. The lowest BCUT2D eigenvalue weighted by Crippen LogP contribution is -2.32. The molecule has 0 aliphatic carbocycles. The third-order valence-electron chi connectivity index (χ3n) is 4.04. The van der Waals surface area contributed by atoms with E-state index in [9.17, 15) is 9.59 Å². The standard InChI is InChI=1S/C20H23N3O5/c1-12-6-7-15(8-13(12)2)22-19(24)20(25)23-21-11-14-9-16(26-3)18(28-5)17(10-14)27-4/h6-11H,1-5H3,(H,22,24)(H,23,25)/b21-11-. The number of hydrogen-bond acceptors (Lipinski definition) is 6. The van der Waals surface area contributed by atoms with Gasteiger partial charge in [0.25, 0.3) is 0 Å². The van der Waals surface area contributed by atoms with E-state index in [1.165, 1.54) is 27.5 Å². The van der Waals surface area contributed by atoms with Crippen LogP contribution in [0.3, 0.4) is 0 Å². The van der Waals surface area contributed by atoms with Gasteiger partial charge in [0.15, 0.2) is 11.5 Å². The van der Waals surface area contributed by atoms with Crippen LogP contribution in [-0.4, -0.2) is 39.4 Å². The van der Waals surface area contributed by atoms with Crippen molar-refractivity contribution in [2.24, 2.45) is 5.10 Å². The number of carbonyl (C=O) groups excluding carboxylic acids is 2. The van der Waals surface area contributed by atoms with Crippen LogP contribution in [0.5, 0.6) is 17.2 Å². The van der Waals surface area contributed by atoms with E-state index in [0.29, 0.717) is 28.5 Å². The molecular weight excluding hydrogens is 362 g/mol. The average molecular weight is 385 g/mol. The van der Waals surface area contributed by atoms with Crippen LogP contribution < -0.4 is 25.0 Å². The number of hydrogen-bond donors (Lipinski definition) is 2. The van der Waals surface area contributed by atoms with Gasteiger partial charge in [-0.05, 0) is 49.2 Å². The normalized spacial score (nSPS) is 10.5. The molecule has 0 saturated carbocycles. The summed E-state index contributed by atoms with van der Waals surface area (Å²) in [6.45, 7) is 3.89. The molecule has 0 heterocycles. The quantitative estimate of drug-likeness (QED) is 0.452. The van der Waals surface area contributed by atoms with Gasteiger partial charge in [-0.2, -0.15) is 5.10 Å². The smallest absolute Gasteiger partial charge is 0.329 e. The van der Waals surface area contributed by atoms with Crippen molar-refractivity contribution in [3.8, 4) is 17.2 Å². The van der Waals surface area contributed by atoms with Crippen molar-refractivity contribution in [1.82, 2.24) is 5.43 Å². The van der Waals surface area contributed by atoms with Crippen molar-refractivity contribution >= 4 is 23.7 Å². The van der Waals surface area contributed by atoms with E-state index in [1.807, 2.05) is 19.9 Å². The molecule has 2 amide bonds. The van der Waals surface area contributed by atoms with Gasteiger partial charge in [-0.1, -0.05) is 6.07 Å². The minimum Gasteiger partial charge on any atom is -0.493 e. The number of rotatable bonds is 6. The molecule has 0 aliphatic rings. The van der Waals surface area contributed by atoms with E-state index in [2.05, 4.69) is 15.8 Å². The number of nitrogens with one attached hydrogen (secondary N) is 2. The summed E-state index contributed by atoms with van der Waals surface area (Å²) in [6, 6.07) is 8.70. The Hall–Kier alpha value is -3.55. The highest BCUT2D eigenvalue weighted by Gasteiger charge is 2.14. The number of aryl methyl sites for hydroxylation is 2. The zero-order chi connectivity index (χ0) is 20.7. The monoisotopic (exact) mass is 385 g/mol. The maximum absolute atomic E-state index is 12.0. The van der Waals surface area contributed by atoms with Crippen LogP contribution in [0, 0.1) is 13.8 Å². The molecule has 148 valence electrons. The number of ether oxygens (including phenoxy) is 3. The first-order valence-corrected chi connectivity index (χ1v) is 8.41. The van der Waals surface area contributed by atoms with Crippen LogP contribution in [-0.2, 0) is 9.59 Å². The van der Waals surface area contributed by atoms with Crippen molar-refractivity contribution in [3.63, 3.8) is 0 Å². The van der Waals surface area contributed by atoms with E-state index < -0.39 is 11.8 Å². The van der Waals surface area contributed by atoms with Gasteiger partial charge in [0.05, 0.1) is 27.5 Å². The van der Waals surface area contributed by atoms with Gasteiger partial charge < -0.3 is 19.5 Å². The number of anilines is 1. The largest absolute Gasteiger partial charge is 0.493 e. The Balaban J connectivity index is 2.04. The molecule has 0 unspecified atom stereocenters. The first-order valence-electron chi connectivity index (χ1n) is 8.41. The number of amides is 2. The molecule has 0 saturated heterocycles. The SMILES string of the molecule is COc1cc(/C=N\NC(=O)C(=O)Nc2ccc(C)c(C)c2)cc(OC)c1OC. The molecule has 0 atom stereocenters. The molecule has 0 fully saturated rings. The van der Waals surface area contributed by atoms with Crippen LogP contribution in [0.15, 0.2) is 35.4 Å². The highest BCUT2D eigenvalue weighted by Crippen LogP contribution is 2.37. The fraction of sp³-hybridized carbons (Fsp3) is 0.250. The van der Waals surface area contributed by atoms with Crippen molar-refractivity contribution in [1.29, 1.82) is 0 Å². The third kappa shape index (κ3) is 5.00. The van der Waals surface area contributed by atoms with E-state index in [4.69, 9.17) is 14.2 Å². The van der Waals surface area contributed by atoms with Crippen molar-refractivity contribution in [2.75, 3.05) is 26.6 Å². The second kappa shape index (κ2) is 9.40. The molecule has 0 radical (unpaired) electrons. The molecule has 2 rings (SSSR count). The highest BCUT2D eigenvalue weighted by molar-refractivity contribution is 6.39. The molecule has 2 N–H and O–H groups in total. The molecule has 0 bridgehead atoms. The summed E-state index contributed by atoms with van der Waals surface area (Å²) in [5, 5.41) is 6.33. The predicted molar refractivity (Wildman–Crippen MR) is 106 cm³/mol. The second-order valence-corrected chi connectivity index (χ2v) is 5.91. The van der Waals surface area contributed by atoms with E-state index in [-0.39, 0.29) is 0 Å².